The summed E-state index contributed by atoms with van der Waals surface area (Å²) in [5.41, 5.74) is 7.41. The number of aromatic nitrogens is 1. The number of anilines is 1. The molecule has 0 aliphatic heterocycles. The van der Waals surface area contributed by atoms with Crippen molar-refractivity contribution in [1.29, 1.82) is 0 Å². The Balaban J connectivity index is 2.02. The molecule has 5 heteroatoms. The van der Waals surface area contributed by atoms with Crippen LogP contribution in [0.4, 0.5) is 5.69 Å². The quantitative estimate of drug-likeness (QED) is 0.773. The van der Waals surface area contributed by atoms with Crippen LogP contribution >= 0.6 is 12.2 Å². The lowest BCUT2D eigenvalue weighted by molar-refractivity contribution is 0.0328. The summed E-state index contributed by atoms with van der Waals surface area (Å²) in [6.07, 6.45) is 5.86. The number of pyridine rings is 1. The van der Waals surface area contributed by atoms with Gasteiger partial charge in [0.05, 0.1) is 18.0 Å². The van der Waals surface area contributed by atoms with Gasteiger partial charge in [-0.05, 0) is 18.9 Å². The minimum Gasteiger partial charge on any atom is -0.389 e. The van der Waals surface area contributed by atoms with Gasteiger partial charge in [-0.15, -0.1) is 0 Å². The Morgan fingerprint density at radius 2 is 2.38 bits per heavy atom. The molecule has 1 fully saturated rings. The van der Waals surface area contributed by atoms with Gasteiger partial charge in [0.15, 0.2) is 0 Å². The van der Waals surface area contributed by atoms with Crippen LogP contribution in [0.15, 0.2) is 18.5 Å². The zero-order valence-electron chi connectivity index (χ0n) is 9.14. The Morgan fingerprint density at radius 3 is 3.00 bits per heavy atom. The van der Waals surface area contributed by atoms with Crippen molar-refractivity contribution in [3.63, 3.8) is 0 Å². The first kappa shape index (κ1) is 11.3. The van der Waals surface area contributed by atoms with E-state index in [1.165, 1.54) is 0 Å². The normalized spacial score (nSPS) is 23.6. The molecule has 0 unspecified atom stereocenters. The molecule has 3 N–H and O–H groups in total. The Morgan fingerprint density at radius 1 is 1.62 bits per heavy atom. The number of nitrogens with two attached hydrogens (primary N) is 1. The molecule has 0 bridgehead atoms. The summed E-state index contributed by atoms with van der Waals surface area (Å²) in [4.78, 5) is 4.47. The summed E-state index contributed by atoms with van der Waals surface area (Å²) in [5, 5.41) is 3.38. The number of nitrogens with zero attached hydrogens (tertiary/aromatic N) is 1. The van der Waals surface area contributed by atoms with Gasteiger partial charge < -0.3 is 15.8 Å². The fraction of sp³-hybridized carbons (Fsp3) is 0.455. The van der Waals surface area contributed by atoms with E-state index in [9.17, 15) is 0 Å². The second kappa shape index (κ2) is 4.76. The molecule has 1 heterocycles. The third-order valence-electron chi connectivity index (χ3n) is 2.87. The van der Waals surface area contributed by atoms with Gasteiger partial charge in [0.1, 0.15) is 4.99 Å². The number of nitrogens with one attached hydrogen (secondary N) is 1. The molecule has 0 amide bonds. The fourth-order valence-electron chi connectivity index (χ4n) is 1.82. The van der Waals surface area contributed by atoms with E-state index in [4.69, 9.17) is 22.7 Å². The first-order valence-corrected chi connectivity index (χ1v) is 5.64. The molecule has 0 atom stereocenters. The SMILES string of the molecule is COC1CC(Nc2cnccc2C(N)=S)C1. The zero-order valence-corrected chi connectivity index (χ0v) is 9.96. The molecular formula is C11H15N3OS. The van der Waals surface area contributed by atoms with Crippen LogP contribution in [0.3, 0.4) is 0 Å². The number of hydrogen-bond donors (Lipinski definition) is 2. The molecule has 1 saturated carbocycles. The Hall–Kier alpha value is -1.20. The van der Waals surface area contributed by atoms with Crippen molar-refractivity contribution < 1.29 is 4.74 Å². The molecule has 86 valence electrons. The molecule has 1 aliphatic rings. The van der Waals surface area contributed by atoms with E-state index in [0.29, 0.717) is 17.1 Å². The number of thiocarbonyl (C=S) groups is 1. The summed E-state index contributed by atoms with van der Waals surface area (Å²) in [6, 6.07) is 2.26. The average molecular weight is 237 g/mol. The highest BCUT2D eigenvalue weighted by atomic mass is 32.1. The Bertz CT molecular complexity index is 391. The lowest BCUT2D eigenvalue weighted by atomic mass is 9.89. The molecule has 1 aliphatic carbocycles. The van der Waals surface area contributed by atoms with Crippen LogP contribution in [0.25, 0.3) is 0 Å². The topological polar surface area (TPSA) is 60.2 Å². The Labute approximate surface area is 100 Å². The first-order chi connectivity index (χ1) is 7.70. The minimum atomic E-state index is 0.377. The number of methoxy groups -OCH3 is 1. The molecule has 0 radical (unpaired) electrons. The monoisotopic (exact) mass is 237 g/mol. The second-order valence-electron chi connectivity index (χ2n) is 3.96. The summed E-state index contributed by atoms with van der Waals surface area (Å²) in [7, 11) is 1.74. The standard InChI is InChI=1S/C11H15N3OS/c1-15-8-4-7(5-8)14-10-6-13-3-2-9(10)11(12)16/h2-3,6-8,14H,4-5H2,1H3,(H2,12,16). The van der Waals surface area contributed by atoms with E-state index < -0.39 is 0 Å². The van der Waals surface area contributed by atoms with Crippen molar-refractivity contribution in [3.05, 3.63) is 24.0 Å². The van der Waals surface area contributed by atoms with Crippen molar-refractivity contribution in [2.24, 2.45) is 5.73 Å². The van der Waals surface area contributed by atoms with Gasteiger partial charge >= 0.3 is 0 Å². The lowest BCUT2D eigenvalue weighted by Gasteiger charge is -2.35. The van der Waals surface area contributed by atoms with Gasteiger partial charge in [0.2, 0.25) is 0 Å². The molecule has 0 aromatic carbocycles. The second-order valence-corrected chi connectivity index (χ2v) is 4.40. The van der Waals surface area contributed by atoms with Crippen LogP contribution in [0, 0.1) is 0 Å². The number of hydrogen-bond acceptors (Lipinski definition) is 4. The highest BCUT2D eigenvalue weighted by molar-refractivity contribution is 7.80. The minimum absolute atomic E-state index is 0.377. The van der Waals surface area contributed by atoms with Crippen molar-refractivity contribution in [1.82, 2.24) is 4.98 Å². The van der Waals surface area contributed by atoms with Crippen LogP contribution in [0.5, 0.6) is 0 Å². The van der Waals surface area contributed by atoms with Crippen LogP contribution < -0.4 is 11.1 Å². The maximum Gasteiger partial charge on any atom is 0.106 e. The zero-order chi connectivity index (χ0) is 11.5. The molecule has 2 rings (SSSR count). The van der Waals surface area contributed by atoms with Gasteiger partial charge in [-0.3, -0.25) is 4.98 Å². The van der Waals surface area contributed by atoms with Crippen molar-refractivity contribution >= 4 is 22.9 Å². The van der Waals surface area contributed by atoms with Gasteiger partial charge in [-0.25, -0.2) is 0 Å². The van der Waals surface area contributed by atoms with Gasteiger partial charge in [-0.1, -0.05) is 12.2 Å². The number of rotatable bonds is 4. The van der Waals surface area contributed by atoms with E-state index in [-0.39, 0.29) is 0 Å². The van der Waals surface area contributed by atoms with Gasteiger partial charge in [0, 0.05) is 24.9 Å². The molecule has 0 spiro atoms. The lowest BCUT2D eigenvalue weighted by Crippen LogP contribution is -2.40. The summed E-state index contributed by atoms with van der Waals surface area (Å²) < 4.78 is 5.23. The largest absolute Gasteiger partial charge is 0.389 e. The summed E-state index contributed by atoms with van der Waals surface area (Å²) in [6.45, 7) is 0. The molecule has 0 saturated heterocycles. The Kier molecular flexibility index (Phi) is 3.36. The molecular weight excluding hydrogens is 222 g/mol. The third kappa shape index (κ3) is 2.31. The maximum absolute atomic E-state index is 5.64. The van der Waals surface area contributed by atoms with Crippen molar-refractivity contribution in [3.8, 4) is 0 Å². The van der Waals surface area contributed by atoms with E-state index in [1.807, 2.05) is 6.07 Å². The first-order valence-electron chi connectivity index (χ1n) is 5.24. The maximum atomic E-state index is 5.64. The predicted octanol–water partition coefficient (Wildman–Crippen LogP) is 1.31. The highest BCUT2D eigenvalue weighted by Gasteiger charge is 2.29. The smallest absolute Gasteiger partial charge is 0.106 e. The molecule has 1 aromatic heterocycles. The van der Waals surface area contributed by atoms with Crippen molar-refractivity contribution in [2.45, 2.75) is 25.0 Å². The van der Waals surface area contributed by atoms with E-state index in [0.717, 1.165) is 24.1 Å². The van der Waals surface area contributed by atoms with Crippen molar-refractivity contribution in [2.75, 3.05) is 12.4 Å². The van der Waals surface area contributed by atoms with Crippen LogP contribution in [-0.4, -0.2) is 29.2 Å². The molecule has 1 aromatic rings. The molecule has 4 nitrogen and oxygen atoms in total. The van der Waals surface area contributed by atoms with E-state index >= 15 is 0 Å². The van der Waals surface area contributed by atoms with E-state index in [1.54, 1.807) is 19.5 Å². The summed E-state index contributed by atoms with van der Waals surface area (Å²) in [5.74, 6) is 0. The van der Waals surface area contributed by atoms with Crippen LogP contribution in [0.2, 0.25) is 0 Å². The third-order valence-corrected chi connectivity index (χ3v) is 3.09. The fourth-order valence-corrected chi connectivity index (χ4v) is 2.00. The van der Waals surface area contributed by atoms with Gasteiger partial charge in [0.25, 0.3) is 0 Å². The van der Waals surface area contributed by atoms with Crippen LogP contribution in [-0.2, 0) is 4.74 Å². The van der Waals surface area contributed by atoms with E-state index in [2.05, 4.69) is 10.3 Å². The molecule has 16 heavy (non-hydrogen) atoms. The van der Waals surface area contributed by atoms with Gasteiger partial charge in [-0.2, -0.15) is 0 Å². The average Bonchev–Trinajstić information content (AvgIpc) is 2.23. The summed E-state index contributed by atoms with van der Waals surface area (Å²) >= 11 is 4.99. The van der Waals surface area contributed by atoms with Crippen LogP contribution in [0.1, 0.15) is 18.4 Å². The number of ether oxygens (including phenoxy) is 1. The highest BCUT2D eigenvalue weighted by Crippen LogP contribution is 2.27. The predicted molar refractivity (Wildman–Crippen MR) is 67.6 cm³/mol.